The summed E-state index contributed by atoms with van der Waals surface area (Å²) in [5.74, 6) is 0.525. The van der Waals surface area contributed by atoms with E-state index in [0.717, 1.165) is 16.7 Å². The average Bonchev–Trinajstić information content (AvgIpc) is 2.60. The molecule has 1 aromatic heterocycles. The van der Waals surface area contributed by atoms with E-state index in [1.165, 1.54) is 18.2 Å². The highest BCUT2D eigenvalue weighted by Crippen LogP contribution is 2.20. The van der Waals surface area contributed by atoms with E-state index in [9.17, 15) is 9.59 Å². The first kappa shape index (κ1) is 15.6. The molecule has 3 aromatic rings. The Hall–Kier alpha value is -3.34. The second kappa shape index (κ2) is 6.83. The first-order valence-corrected chi connectivity index (χ1v) is 7.22. The molecule has 5 nitrogen and oxygen atoms in total. The number of carbonyl (C=O) groups excluding carboxylic acids is 1. The second-order valence-corrected chi connectivity index (χ2v) is 4.98. The Morgan fingerprint density at radius 2 is 1.71 bits per heavy atom. The molecule has 0 radical (unpaired) electrons. The summed E-state index contributed by atoms with van der Waals surface area (Å²) < 4.78 is 15.3. The largest absolute Gasteiger partial charge is 0.497 e. The van der Waals surface area contributed by atoms with Gasteiger partial charge in [-0.25, -0.2) is 9.59 Å². The Morgan fingerprint density at radius 1 is 1.00 bits per heavy atom. The Kier molecular flexibility index (Phi) is 4.43. The van der Waals surface area contributed by atoms with E-state index < -0.39 is 11.6 Å². The van der Waals surface area contributed by atoms with Crippen LogP contribution >= 0.6 is 0 Å². The van der Waals surface area contributed by atoms with Crippen LogP contribution in [0.4, 0.5) is 0 Å². The molecule has 3 rings (SSSR count). The van der Waals surface area contributed by atoms with Gasteiger partial charge >= 0.3 is 11.6 Å². The Labute approximate surface area is 137 Å². The molecule has 1 heterocycles. The van der Waals surface area contributed by atoms with Crippen LogP contribution in [-0.2, 0) is 4.79 Å². The lowest BCUT2D eigenvalue weighted by molar-refractivity contribution is -0.128. The number of fused-ring (bicyclic) bond motifs is 1. The molecule has 2 aromatic carbocycles. The van der Waals surface area contributed by atoms with Gasteiger partial charge in [0.2, 0.25) is 0 Å². The quantitative estimate of drug-likeness (QED) is 0.319. The number of hydrogen-bond donors (Lipinski definition) is 0. The minimum Gasteiger partial charge on any atom is -0.497 e. The van der Waals surface area contributed by atoms with E-state index in [-0.39, 0.29) is 0 Å². The molecule has 0 fully saturated rings. The van der Waals surface area contributed by atoms with Crippen LogP contribution in [-0.4, -0.2) is 13.1 Å². The normalized spacial score (nSPS) is 10.9. The van der Waals surface area contributed by atoms with Gasteiger partial charge in [-0.2, -0.15) is 0 Å². The lowest BCUT2D eigenvalue weighted by atomic mass is 10.2. The van der Waals surface area contributed by atoms with Crippen LogP contribution < -0.4 is 15.1 Å². The van der Waals surface area contributed by atoms with E-state index in [1.54, 1.807) is 43.5 Å². The van der Waals surface area contributed by atoms with Crippen molar-refractivity contribution >= 4 is 23.0 Å². The maximum absolute atomic E-state index is 11.9. The summed E-state index contributed by atoms with van der Waals surface area (Å²) in [6.45, 7) is 0. The summed E-state index contributed by atoms with van der Waals surface area (Å²) in [5, 5.41) is 0.753. The van der Waals surface area contributed by atoms with Gasteiger partial charge in [0.05, 0.1) is 7.11 Å². The zero-order valence-electron chi connectivity index (χ0n) is 12.9. The molecule has 120 valence electrons. The molecule has 0 saturated heterocycles. The zero-order chi connectivity index (χ0) is 16.9. The molecule has 0 saturated carbocycles. The van der Waals surface area contributed by atoms with E-state index in [0.29, 0.717) is 11.3 Å². The highest BCUT2D eigenvalue weighted by atomic mass is 16.5. The van der Waals surface area contributed by atoms with Crippen LogP contribution in [0.3, 0.4) is 0 Å². The number of rotatable bonds is 4. The summed E-state index contributed by atoms with van der Waals surface area (Å²) >= 11 is 0. The van der Waals surface area contributed by atoms with Gasteiger partial charge in [0.1, 0.15) is 17.1 Å². The van der Waals surface area contributed by atoms with Crippen molar-refractivity contribution in [1.29, 1.82) is 0 Å². The lowest BCUT2D eigenvalue weighted by Gasteiger charge is -2.02. The lowest BCUT2D eigenvalue weighted by Crippen LogP contribution is -2.03. The molecule has 0 unspecified atom stereocenters. The van der Waals surface area contributed by atoms with Gasteiger partial charge in [0, 0.05) is 23.6 Å². The van der Waals surface area contributed by atoms with E-state index in [2.05, 4.69) is 0 Å². The molecule has 0 bridgehead atoms. The van der Waals surface area contributed by atoms with E-state index in [4.69, 9.17) is 13.9 Å². The number of carbonyl (C=O) groups is 1. The van der Waals surface area contributed by atoms with Crippen molar-refractivity contribution in [2.45, 2.75) is 0 Å². The number of benzene rings is 2. The molecule has 0 aliphatic rings. The van der Waals surface area contributed by atoms with Gasteiger partial charge in [-0.05, 0) is 42.0 Å². The highest BCUT2D eigenvalue weighted by Gasteiger charge is 2.04. The van der Waals surface area contributed by atoms with Gasteiger partial charge in [-0.3, -0.25) is 0 Å². The van der Waals surface area contributed by atoms with Crippen molar-refractivity contribution in [3.8, 4) is 11.5 Å². The van der Waals surface area contributed by atoms with Crippen molar-refractivity contribution in [1.82, 2.24) is 0 Å². The topological polar surface area (TPSA) is 65.7 Å². The van der Waals surface area contributed by atoms with Gasteiger partial charge < -0.3 is 13.9 Å². The van der Waals surface area contributed by atoms with Gasteiger partial charge in [-0.1, -0.05) is 12.1 Å². The number of ether oxygens (including phenoxy) is 2. The van der Waals surface area contributed by atoms with Crippen LogP contribution in [0.5, 0.6) is 11.5 Å². The molecule has 5 heteroatoms. The van der Waals surface area contributed by atoms with Crippen molar-refractivity contribution < 1.29 is 18.7 Å². The van der Waals surface area contributed by atoms with Gasteiger partial charge in [0.25, 0.3) is 0 Å². The fraction of sp³-hybridized carbons (Fsp3) is 0.0526. The van der Waals surface area contributed by atoms with Crippen molar-refractivity contribution in [2.24, 2.45) is 0 Å². The third kappa shape index (κ3) is 3.70. The summed E-state index contributed by atoms with van der Waals surface area (Å²) in [6, 6.07) is 15.1. The number of esters is 1. The molecular formula is C19H14O5. The smallest absolute Gasteiger partial charge is 0.336 e. The van der Waals surface area contributed by atoms with Gasteiger partial charge in [0.15, 0.2) is 0 Å². The number of hydrogen-bond acceptors (Lipinski definition) is 5. The number of methoxy groups -OCH3 is 1. The molecule has 24 heavy (non-hydrogen) atoms. The molecule has 0 aliphatic heterocycles. The summed E-state index contributed by atoms with van der Waals surface area (Å²) in [7, 11) is 1.59. The second-order valence-electron chi connectivity index (χ2n) is 4.98. The minimum atomic E-state index is -0.525. The molecule has 0 aliphatic carbocycles. The maximum atomic E-state index is 11.9. The molecule has 0 atom stereocenters. The summed E-state index contributed by atoms with van der Waals surface area (Å²) in [6.07, 6.45) is 2.97. The fourth-order valence-corrected chi connectivity index (χ4v) is 2.13. The molecule has 0 N–H and O–H groups in total. The minimum absolute atomic E-state index is 0.307. The fourth-order valence-electron chi connectivity index (χ4n) is 2.13. The summed E-state index contributed by atoms with van der Waals surface area (Å²) in [5.41, 5.74) is 0.759. The zero-order valence-corrected chi connectivity index (χ0v) is 12.9. The van der Waals surface area contributed by atoms with Crippen LogP contribution in [0.25, 0.3) is 17.0 Å². The Bertz CT molecular complexity index is 951. The first-order valence-electron chi connectivity index (χ1n) is 7.22. The SMILES string of the molecule is COc1ccc(/C=C/C(=O)Oc2ccc3ccc(=O)oc3c2)cc1. The third-order valence-corrected chi connectivity index (χ3v) is 3.34. The van der Waals surface area contributed by atoms with E-state index in [1.807, 2.05) is 12.1 Å². The Morgan fingerprint density at radius 3 is 2.46 bits per heavy atom. The standard InChI is InChI=1S/C19H14O5/c1-22-15-7-2-13(3-8-15)4-10-18(20)23-16-9-5-14-6-11-19(21)24-17(14)12-16/h2-12H,1H3/b10-4+. The Balaban J connectivity index is 1.71. The predicted octanol–water partition coefficient (Wildman–Crippen LogP) is 3.42. The summed E-state index contributed by atoms with van der Waals surface area (Å²) in [4.78, 5) is 23.1. The predicted molar refractivity (Wildman–Crippen MR) is 90.1 cm³/mol. The van der Waals surface area contributed by atoms with E-state index >= 15 is 0 Å². The molecule has 0 amide bonds. The molecule has 0 spiro atoms. The van der Waals surface area contributed by atoms with Crippen molar-refractivity contribution in [2.75, 3.05) is 7.11 Å². The maximum Gasteiger partial charge on any atom is 0.336 e. The monoisotopic (exact) mass is 322 g/mol. The van der Waals surface area contributed by atoms with Crippen LogP contribution in [0.2, 0.25) is 0 Å². The average molecular weight is 322 g/mol. The van der Waals surface area contributed by atoms with Crippen molar-refractivity contribution in [3.05, 3.63) is 76.7 Å². The van der Waals surface area contributed by atoms with Gasteiger partial charge in [-0.15, -0.1) is 0 Å². The third-order valence-electron chi connectivity index (χ3n) is 3.34. The van der Waals surface area contributed by atoms with Crippen LogP contribution in [0.15, 0.2) is 69.9 Å². The van der Waals surface area contributed by atoms with Crippen LogP contribution in [0, 0.1) is 0 Å². The highest BCUT2D eigenvalue weighted by molar-refractivity contribution is 5.89. The van der Waals surface area contributed by atoms with Crippen LogP contribution in [0.1, 0.15) is 5.56 Å². The van der Waals surface area contributed by atoms with Crippen molar-refractivity contribution in [3.63, 3.8) is 0 Å². The first-order chi connectivity index (χ1) is 11.6. The molecular weight excluding hydrogens is 308 g/mol.